The van der Waals surface area contributed by atoms with Gasteiger partial charge >= 0.3 is 0 Å². The standard InChI is InChI=1S/C19H22N2O2/c1-14-2-10-18(11-3-14)23-13-12-20-16-6-8-17(9-7-16)21-19(22)15-4-5-15/h2-3,6-11,15,20H,4-5,12-13H2,1H3,(H,21,22). The number of hydrogen-bond acceptors (Lipinski definition) is 3. The van der Waals surface area contributed by atoms with Gasteiger partial charge in [-0.15, -0.1) is 0 Å². The first kappa shape index (κ1) is 15.4. The van der Waals surface area contributed by atoms with Gasteiger partial charge in [-0.2, -0.15) is 0 Å². The zero-order chi connectivity index (χ0) is 16.1. The summed E-state index contributed by atoms with van der Waals surface area (Å²) in [4.78, 5) is 11.7. The second kappa shape index (κ2) is 7.18. The van der Waals surface area contributed by atoms with E-state index in [1.807, 2.05) is 48.5 Å². The molecule has 0 unspecified atom stereocenters. The normalized spacial score (nSPS) is 13.4. The van der Waals surface area contributed by atoms with Gasteiger partial charge < -0.3 is 15.4 Å². The molecule has 1 saturated carbocycles. The highest BCUT2D eigenvalue weighted by Gasteiger charge is 2.29. The fourth-order valence-electron chi connectivity index (χ4n) is 2.26. The van der Waals surface area contributed by atoms with Crippen LogP contribution in [0.2, 0.25) is 0 Å². The first-order chi connectivity index (χ1) is 11.2. The lowest BCUT2D eigenvalue weighted by atomic mass is 10.2. The van der Waals surface area contributed by atoms with Crippen LogP contribution in [-0.2, 0) is 4.79 Å². The Morgan fingerprint density at radius 2 is 1.70 bits per heavy atom. The number of nitrogens with one attached hydrogen (secondary N) is 2. The number of rotatable bonds is 7. The van der Waals surface area contributed by atoms with E-state index >= 15 is 0 Å². The van der Waals surface area contributed by atoms with Gasteiger partial charge in [-0.25, -0.2) is 0 Å². The zero-order valence-electron chi connectivity index (χ0n) is 13.3. The van der Waals surface area contributed by atoms with Crippen LogP contribution >= 0.6 is 0 Å². The largest absolute Gasteiger partial charge is 0.492 e. The molecule has 4 nitrogen and oxygen atoms in total. The number of carbonyl (C=O) groups excluding carboxylic acids is 1. The zero-order valence-corrected chi connectivity index (χ0v) is 13.3. The van der Waals surface area contributed by atoms with E-state index in [1.165, 1.54) is 5.56 Å². The molecule has 120 valence electrons. The summed E-state index contributed by atoms with van der Waals surface area (Å²) < 4.78 is 5.67. The van der Waals surface area contributed by atoms with Crippen LogP contribution in [0.25, 0.3) is 0 Å². The number of benzene rings is 2. The maximum Gasteiger partial charge on any atom is 0.227 e. The number of carbonyl (C=O) groups is 1. The molecule has 0 bridgehead atoms. The topological polar surface area (TPSA) is 50.4 Å². The number of hydrogen-bond donors (Lipinski definition) is 2. The van der Waals surface area contributed by atoms with E-state index in [-0.39, 0.29) is 11.8 Å². The Morgan fingerprint density at radius 3 is 2.35 bits per heavy atom. The van der Waals surface area contributed by atoms with Crippen molar-refractivity contribution in [1.82, 2.24) is 0 Å². The Labute approximate surface area is 136 Å². The summed E-state index contributed by atoms with van der Waals surface area (Å²) in [7, 11) is 0. The maximum atomic E-state index is 11.7. The van der Waals surface area contributed by atoms with Crippen molar-refractivity contribution >= 4 is 17.3 Å². The van der Waals surface area contributed by atoms with Crippen molar-refractivity contribution in [1.29, 1.82) is 0 Å². The highest BCUT2D eigenvalue weighted by Crippen LogP contribution is 2.30. The quantitative estimate of drug-likeness (QED) is 0.764. The van der Waals surface area contributed by atoms with E-state index in [0.717, 1.165) is 36.5 Å². The van der Waals surface area contributed by atoms with E-state index in [4.69, 9.17) is 4.74 Å². The number of anilines is 2. The third kappa shape index (κ3) is 4.74. The fraction of sp³-hybridized carbons (Fsp3) is 0.316. The lowest BCUT2D eigenvalue weighted by molar-refractivity contribution is -0.117. The average molecular weight is 310 g/mol. The summed E-state index contributed by atoms with van der Waals surface area (Å²) in [5, 5.41) is 6.24. The molecule has 0 saturated heterocycles. The minimum atomic E-state index is 0.136. The Kier molecular flexibility index (Phi) is 4.81. The van der Waals surface area contributed by atoms with E-state index in [2.05, 4.69) is 17.6 Å². The minimum Gasteiger partial charge on any atom is -0.492 e. The van der Waals surface area contributed by atoms with Crippen LogP contribution in [0.3, 0.4) is 0 Å². The molecule has 3 rings (SSSR count). The summed E-state index contributed by atoms with van der Waals surface area (Å²) in [5.41, 5.74) is 3.09. The van der Waals surface area contributed by atoms with Crippen molar-refractivity contribution in [2.24, 2.45) is 5.92 Å². The first-order valence-electron chi connectivity index (χ1n) is 8.05. The summed E-state index contributed by atoms with van der Waals surface area (Å²) in [6.45, 7) is 3.38. The van der Waals surface area contributed by atoms with E-state index in [0.29, 0.717) is 6.61 Å². The monoisotopic (exact) mass is 310 g/mol. The lowest BCUT2D eigenvalue weighted by Crippen LogP contribution is -2.13. The van der Waals surface area contributed by atoms with Gasteiger partial charge in [0.25, 0.3) is 0 Å². The molecular formula is C19H22N2O2. The van der Waals surface area contributed by atoms with Crippen LogP contribution in [0.5, 0.6) is 5.75 Å². The fourth-order valence-corrected chi connectivity index (χ4v) is 2.26. The van der Waals surface area contributed by atoms with Crippen LogP contribution in [-0.4, -0.2) is 19.1 Å². The lowest BCUT2D eigenvalue weighted by Gasteiger charge is -2.10. The van der Waals surface area contributed by atoms with Crippen LogP contribution in [0, 0.1) is 12.8 Å². The highest BCUT2D eigenvalue weighted by molar-refractivity contribution is 5.94. The molecule has 2 aromatic rings. The van der Waals surface area contributed by atoms with Crippen LogP contribution in [0.4, 0.5) is 11.4 Å². The average Bonchev–Trinajstić information content (AvgIpc) is 3.40. The highest BCUT2D eigenvalue weighted by atomic mass is 16.5. The third-order valence-corrected chi connectivity index (χ3v) is 3.82. The number of ether oxygens (including phenoxy) is 1. The predicted molar refractivity (Wildman–Crippen MR) is 93.0 cm³/mol. The smallest absolute Gasteiger partial charge is 0.227 e. The molecule has 2 N–H and O–H groups in total. The van der Waals surface area contributed by atoms with Gasteiger partial charge in [-0.1, -0.05) is 17.7 Å². The molecule has 0 atom stereocenters. The predicted octanol–water partition coefficient (Wildman–Crippen LogP) is 3.83. The van der Waals surface area contributed by atoms with Gasteiger partial charge in [-0.05, 0) is 56.2 Å². The number of aryl methyl sites for hydroxylation is 1. The van der Waals surface area contributed by atoms with E-state index in [9.17, 15) is 4.79 Å². The van der Waals surface area contributed by atoms with Crippen molar-refractivity contribution in [3.05, 3.63) is 54.1 Å². The molecule has 0 spiro atoms. The molecular weight excluding hydrogens is 288 g/mol. The molecule has 0 aromatic heterocycles. The van der Waals surface area contributed by atoms with Gasteiger partial charge in [0, 0.05) is 23.8 Å². The second-order valence-corrected chi connectivity index (χ2v) is 5.93. The summed E-state index contributed by atoms with van der Waals surface area (Å²) in [6, 6.07) is 15.8. The summed E-state index contributed by atoms with van der Waals surface area (Å²) in [6.07, 6.45) is 2.04. The van der Waals surface area contributed by atoms with Crippen molar-refractivity contribution in [3.8, 4) is 5.75 Å². The maximum absolute atomic E-state index is 11.7. The molecule has 1 aliphatic rings. The Hall–Kier alpha value is -2.49. The Bertz CT molecular complexity index is 646. The van der Waals surface area contributed by atoms with Gasteiger partial charge in [0.1, 0.15) is 12.4 Å². The van der Waals surface area contributed by atoms with Crippen molar-refractivity contribution < 1.29 is 9.53 Å². The molecule has 1 aliphatic carbocycles. The van der Waals surface area contributed by atoms with Gasteiger partial charge in [-0.3, -0.25) is 4.79 Å². The molecule has 1 amide bonds. The molecule has 0 heterocycles. The first-order valence-corrected chi connectivity index (χ1v) is 8.05. The van der Waals surface area contributed by atoms with Crippen molar-refractivity contribution in [2.45, 2.75) is 19.8 Å². The Morgan fingerprint density at radius 1 is 1.04 bits per heavy atom. The molecule has 0 aliphatic heterocycles. The van der Waals surface area contributed by atoms with Crippen LogP contribution < -0.4 is 15.4 Å². The van der Waals surface area contributed by atoms with E-state index < -0.39 is 0 Å². The number of amides is 1. The minimum absolute atomic E-state index is 0.136. The van der Waals surface area contributed by atoms with Crippen molar-refractivity contribution in [3.63, 3.8) is 0 Å². The molecule has 23 heavy (non-hydrogen) atoms. The SMILES string of the molecule is Cc1ccc(OCCNc2ccc(NC(=O)C3CC3)cc2)cc1. The van der Waals surface area contributed by atoms with Crippen LogP contribution in [0.1, 0.15) is 18.4 Å². The van der Waals surface area contributed by atoms with Crippen molar-refractivity contribution in [2.75, 3.05) is 23.8 Å². The van der Waals surface area contributed by atoms with Gasteiger partial charge in [0.05, 0.1) is 0 Å². The third-order valence-electron chi connectivity index (χ3n) is 3.82. The molecule has 1 fully saturated rings. The van der Waals surface area contributed by atoms with Gasteiger partial charge in [0.2, 0.25) is 5.91 Å². The second-order valence-electron chi connectivity index (χ2n) is 5.93. The Balaban J connectivity index is 1.39. The summed E-state index contributed by atoms with van der Waals surface area (Å²) >= 11 is 0. The van der Waals surface area contributed by atoms with Crippen LogP contribution in [0.15, 0.2) is 48.5 Å². The molecule has 0 radical (unpaired) electrons. The van der Waals surface area contributed by atoms with Gasteiger partial charge in [0.15, 0.2) is 0 Å². The summed E-state index contributed by atoms with van der Waals surface area (Å²) in [5.74, 6) is 1.25. The molecule has 4 heteroatoms. The van der Waals surface area contributed by atoms with E-state index in [1.54, 1.807) is 0 Å². The molecule has 2 aromatic carbocycles.